The highest BCUT2D eigenvalue weighted by Crippen LogP contribution is 2.30. The van der Waals surface area contributed by atoms with Crippen molar-refractivity contribution in [2.24, 2.45) is 5.92 Å². The van der Waals surface area contributed by atoms with Crippen LogP contribution >= 0.6 is 27.9 Å². The smallest absolute Gasteiger partial charge is 0.165 e. The molecule has 5 heteroatoms. The number of nitrogens with one attached hydrogen (secondary N) is 1. The second kappa shape index (κ2) is 9.70. The first-order valence-corrected chi connectivity index (χ1v) is 9.72. The fourth-order valence-electron chi connectivity index (χ4n) is 1.91. The molecule has 1 aromatic carbocycles. The monoisotopic (exact) mass is 375 g/mol. The molecule has 0 unspecified atom stereocenters. The van der Waals surface area contributed by atoms with Gasteiger partial charge in [0, 0.05) is 17.6 Å². The van der Waals surface area contributed by atoms with E-state index in [1.165, 1.54) is 38.2 Å². The predicted molar refractivity (Wildman–Crippen MR) is 91.6 cm³/mol. The largest absolute Gasteiger partial charge is 0.490 e. The SMILES string of the molecule is Fc1ccc(CNSCCCCCBr)cc1OCC1CC1. The quantitative estimate of drug-likeness (QED) is 0.337. The lowest BCUT2D eigenvalue weighted by molar-refractivity contribution is 0.285. The molecule has 0 bridgehead atoms. The number of ether oxygens (including phenoxy) is 1. The summed E-state index contributed by atoms with van der Waals surface area (Å²) in [6, 6.07) is 5.13. The summed E-state index contributed by atoms with van der Waals surface area (Å²) in [6.45, 7) is 1.39. The van der Waals surface area contributed by atoms with Crippen molar-refractivity contribution in [2.75, 3.05) is 17.7 Å². The summed E-state index contributed by atoms with van der Waals surface area (Å²) in [5.41, 5.74) is 1.06. The van der Waals surface area contributed by atoms with Crippen molar-refractivity contribution in [1.29, 1.82) is 0 Å². The van der Waals surface area contributed by atoms with Crippen LogP contribution in [0.15, 0.2) is 18.2 Å². The first kappa shape index (κ1) is 17.1. The molecule has 0 spiro atoms. The van der Waals surface area contributed by atoms with Crippen LogP contribution in [0.3, 0.4) is 0 Å². The average Bonchev–Trinajstić information content (AvgIpc) is 3.31. The third kappa shape index (κ3) is 7.02. The van der Waals surface area contributed by atoms with E-state index in [1.807, 2.05) is 12.1 Å². The Morgan fingerprint density at radius 3 is 2.90 bits per heavy atom. The molecular formula is C16H23BrFNOS. The number of unbranched alkanes of at least 4 members (excludes halogenated alkanes) is 2. The molecule has 21 heavy (non-hydrogen) atoms. The van der Waals surface area contributed by atoms with Crippen LogP contribution < -0.4 is 9.46 Å². The zero-order valence-corrected chi connectivity index (χ0v) is 14.6. The van der Waals surface area contributed by atoms with Gasteiger partial charge in [-0.15, -0.1) is 0 Å². The minimum atomic E-state index is -0.262. The molecule has 2 nitrogen and oxygen atoms in total. The second-order valence-corrected chi connectivity index (χ2v) is 7.22. The van der Waals surface area contributed by atoms with E-state index in [0.717, 1.165) is 23.2 Å². The minimum Gasteiger partial charge on any atom is -0.490 e. The highest BCUT2D eigenvalue weighted by atomic mass is 79.9. The standard InChI is InChI=1S/C16H23BrFNOS/c17-8-2-1-3-9-21-19-11-14-6-7-15(18)16(10-14)20-12-13-4-5-13/h6-7,10,13,19H,1-5,8-9,11-12H2. The maximum atomic E-state index is 13.6. The van der Waals surface area contributed by atoms with Crippen molar-refractivity contribution < 1.29 is 9.13 Å². The van der Waals surface area contributed by atoms with Crippen LogP contribution in [0.5, 0.6) is 5.75 Å². The van der Waals surface area contributed by atoms with Gasteiger partial charge < -0.3 is 4.74 Å². The van der Waals surface area contributed by atoms with Gasteiger partial charge in [0.25, 0.3) is 0 Å². The lowest BCUT2D eigenvalue weighted by Gasteiger charge is -2.09. The second-order valence-electron chi connectivity index (χ2n) is 5.44. The van der Waals surface area contributed by atoms with Crippen molar-refractivity contribution in [3.63, 3.8) is 0 Å². The Kier molecular flexibility index (Phi) is 7.89. The Labute approximate surface area is 139 Å². The molecule has 0 radical (unpaired) electrons. The van der Waals surface area contributed by atoms with Crippen LogP contribution in [-0.4, -0.2) is 17.7 Å². The molecule has 1 aliphatic rings. The number of benzene rings is 1. The first-order chi connectivity index (χ1) is 10.3. The van der Waals surface area contributed by atoms with Crippen molar-refractivity contribution in [1.82, 2.24) is 4.72 Å². The van der Waals surface area contributed by atoms with E-state index in [4.69, 9.17) is 4.74 Å². The van der Waals surface area contributed by atoms with E-state index in [0.29, 0.717) is 18.3 Å². The van der Waals surface area contributed by atoms with Gasteiger partial charge in [0.05, 0.1) is 6.61 Å². The van der Waals surface area contributed by atoms with E-state index in [-0.39, 0.29) is 5.82 Å². The topological polar surface area (TPSA) is 21.3 Å². The maximum absolute atomic E-state index is 13.6. The molecule has 2 rings (SSSR count). The fourth-order valence-corrected chi connectivity index (χ4v) is 3.07. The van der Waals surface area contributed by atoms with Gasteiger partial charge in [-0.2, -0.15) is 0 Å². The Hall–Kier alpha value is -0.260. The van der Waals surface area contributed by atoms with E-state index in [2.05, 4.69) is 20.7 Å². The maximum Gasteiger partial charge on any atom is 0.165 e. The van der Waals surface area contributed by atoms with Crippen LogP contribution in [0.2, 0.25) is 0 Å². The summed E-state index contributed by atoms with van der Waals surface area (Å²) in [7, 11) is 0. The summed E-state index contributed by atoms with van der Waals surface area (Å²) in [5.74, 6) is 1.88. The predicted octanol–water partition coefficient (Wildman–Crippen LogP) is 4.92. The van der Waals surface area contributed by atoms with Crippen LogP contribution in [0.1, 0.15) is 37.7 Å². The summed E-state index contributed by atoms with van der Waals surface area (Å²) in [6.07, 6.45) is 6.15. The van der Waals surface area contributed by atoms with Crippen molar-refractivity contribution >= 4 is 27.9 Å². The normalized spacial score (nSPS) is 14.4. The molecule has 118 valence electrons. The van der Waals surface area contributed by atoms with Crippen molar-refractivity contribution in [3.05, 3.63) is 29.6 Å². The number of rotatable bonds is 11. The van der Waals surface area contributed by atoms with Gasteiger partial charge >= 0.3 is 0 Å². The Bertz CT molecular complexity index is 429. The molecule has 0 heterocycles. The zero-order valence-electron chi connectivity index (χ0n) is 12.2. The van der Waals surface area contributed by atoms with Crippen LogP contribution in [0, 0.1) is 11.7 Å². The molecule has 0 amide bonds. The molecule has 1 N–H and O–H groups in total. The van der Waals surface area contributed by atoms with Gasteiger partial charge in [-0.3, -0.25) is 4.72 Å². The molecule has 0 saturated heterocycles. The summed E-state index contributed by atoms with van der Waals surface area (Å²) >= 11 is 5.17. The Balaban J connectivity index is 1.66. The average molecular weight is 376 g/mol. The van der Waals surface area contributed by atoms with E-state index >= 15 is 0 Å². The van der Waals surface area contributed by atoms with E-state index < -0.39 is 0 Å². The fraction of sp³-hybridized carbons (Fsp3) is 0.625. The summed E-state index contributed by atoms with van der Waals surface area (Å²) < 4.78 is 22.5. The molecule has 0 atom stereocenters. The van der Waals surface area contributed by atoms with E-state index in [9.17, 15) is 4.39 Å². The Morgan fingerprint density at radius 1 is 1.29 bits per heavy atom. The van der Waals surface area contributed by atoms with Gasteiger partial charge in [0.15, 0.2) is 11.6 Å². The van der Waals surface area contributed by atoms with Crippen LogP contribution in [0.25, 0.3) is 0 Å². The van der Waals surface area contributed by atoms with Crippen molar-refractivity contribution in [2.45, 2.75) is 38.6 Å². The van der Waals surface area contributed by atoms with Gasteiger partial charge in [-0.25, -0.2) is 4.39 Å². The van der Waals surface area contributed by atoms with Gasteiger partial charge in [0.2, 0.25) is 0 Å². The summed E-state index contributed by atoms with van der Waals surface area (Å²) in [5, 5.41) is 1.09. The van der Waals surface area contributed by atoms with E-state index in [1.54, 1.807) is 11.9 Å². The molecule has 0 aromatic heterocycles. The molecule has 1 aromatic rings. The lowest BCUT2D eigenvalue weighted by atomic mass is 10.2. The third-order valence-electron chi connectivity index (χ3n) is 3.43. The number of hydrogen-bond acceptors (Lipinski definition) is 3. The first-order valence-electron chi connectivity index (χ1n) is 7.61. The van der Waals surface area contributed by atoms with Crippen LogP contribution in [-0.2, 0) is 6.54 Å². The summed E-state index contributed by atoms with van der Waals surface area (Å²) in [4.78, 5) is 0. The highest BCUT2D eigenvalue weighted by molar-refractivity contribution is 9.09. The van der Waals surface area contributed by atoms with Crippen molar-refractivity contribution in [3.8, 4) is 5.75 Å². The minimum absolute atomic E-state index is 0.262. The molecule has 1 aliphatic carbocycles. The molecule has 1 fully saturated rings. The number of halogens is 2. The molecule has 1 saturated carbocycles. The van der Waals surface area contributed by atoms with Gasteiger partial charge in [-0.05, 0) is 49.3 Å². The van der Waals surface area contributed by atoms with Gasteiger partial charge in [0.1, 0.15) is 0 Å². The van der Waals surface area contributed by atoms with Crippen LogP contribution in [0.4, 0.5) is 4.39 Å². The highest BCUT2D eigenvalue weighted by Gasteiger charge is 2.22. The number of alkyl halides is 1. The number of hydrogen-bond donors (Lipinski definition) is 1. The molecular weight excluding hydrogens is 353 g/mol. The third-order valence-corrected chi connectivity index (χ3v) is 4.83. The van der Waals surface area contributed by atoms with Gasteiger partial charge in [-0.1, -0.05) is 40.4 Å². The Morgan fingerprint density at radius 2 is 2.14 bits per heavy atom. The lowest BCUT2D eigenvalue weighted by Crippen LogP contribution is -2.06. The zero-order chi connectivity index (χ0) is 14.9. The molecule has 0 aliphatic heterocycles.